The molecule has 2 aromatic rings. The number of esters is 1. The van der Waals surface area contributed by atoms with Crippen molar-refractivity contribution in [1.82, 2.24) is 14.7 Å². The number of hydrogen-bond donors (Lipinski definition) is 1. The molecule has 0 radical (unpaired) electrons. The van der Waals surface area contributed by atoms with Gasteiger partial charge in [0.15, 0.2) is 5.69 Å². The number of aryl methyl sites for hydroxylation is 1. The lowest BCUT2D eigenvalue weighted by Crippen LogP contribution is -2.30. The average molecular weight is 399 g/mol. The van der Waals surface area contributed by atoms with Gasteiger partial charge in [0.25, 0.3) is 5.91 Å². The topological polar surface area (TPSA) is 76.5 Å². The molecule has 0 spiro atoms. The number of hydrogen-bond acceptors (Lipinski definition) is 6. The van der Waals surface area contributed by atoms with Crippen LogP contribution in [0.15, 0.2) is 12.3 Å². The number of amides is 1. The third-order valence-corrected chi connectivity index (χ3v) is 5.37. The Hall–Kier alpha value is -1.90. The number of carbonyl (C=O) groups is 2. The van der Waals surface area contributed by atoms with Crippen LogP contribution in [-0.2, 0) is 24.8 Å². The Morgan fingerprint density at radius 3 is 2.81 bits per heavy atom. The molecule has 1 aliphatic rings. The monoisotopic (exact) mass is 398 g/mol. The van der Waals surface area contributed by atoms with Crippen molar-refractivity contribution in [2.45, 2.75) is 26.3 Å². The van der Waals surface area contributed by atoms with Gasteiger partial charge in [-0.15, -0.1) is 23.7 Å². The molecule has 1 N–H and O–H groups in total. The van der Waals surface area contributed by atoms with Gasteiger partial charge < -0.3 is 10.1 Å². The summed E-state index contributed by atoms with van der Waals surface area (Å²) in [7, 11) is 3.12. The second kappa shape index (κ2) is 8.66. The number of methoxy groups -OCH3 is 1. The van der Waals surface area contributed by atoms with E-state index in [1.54, 1.807) is 24.0 Å². The molecule has 7 nitrogen and oxygen atoms in total. The van der Waals surface area contributed by atoms with Crippen LogP contribution in [0.25, 0.3) is 0 Å². The van der Waals surface area contributed by atoms with Crippen molar-refractivity contribution in [3.05, 3.63) is 34.0 Å². The van der Waals surface area contributed by atoms with E-state index in [9.17, 15) is 9.59 Å². The maximum atomic E-state index is 12.4. The highest BCUT2D eigenvalue weighted by atomic mass is 35.5. The number of thiophene rings is 1. The zero-order valence-corrected chi connectivity index (χ0v) is 16.7. The van der Waals surface area contributed by atoms with Crippen LogP contribution in [0.2, 0.25) is 0 Å². The van der Waals surface area contributed by atoms with Gasteiger partial charge in [0.2, 0.25) is 0 Å². The highest BCUT2D eigenvalue weighted by molar-refractivity contribution is 7.17. The van der Waals surface area contributed by atoms with Crippen LogP contribution in [-0.4, -0.2) is 46.8 Å². The molecule has 9 heteroatoms. The van der Waals surface area contributed by atoms with E-state index >= 15 is 0 Å². The number of rotatable bonds is 5. The molecule has 3 rings (SSSR count). The zero-order chi connectivity index (χ0) is 18.0. The summed E-state index contributed by atoms with van der Waals surface area (Å²) in [6.07, 6.45) is 3.59. The number of anilines is 1. The van der Waals surface area contributed by atoms with Crippen molar-refractivity contribution in [3.8, 4) is 0 Å². The van der Waals surface area contributed by atoms with Gasteiger partial charge in [0.05, 0.1) is 12.7 Å². The average Bonchev–Trinajstić information content (AvgIpc) is 3.17. The minimum atomic E-state index is -0.405. The third kappa shape index (κ3) is 4.08. The van der Waals surface area contributed by atoms with Gasteiger partial charge in [-0.25, -0.2) is 4.79 Å². The van der Waals surface area contributed by atoms with Crippen LogP contribution in [0.5, 0.6) is 0 Å². The minimum Gasteiger partial charge on any atom is -0.465 e. The lowest BCUT2D eigenvalue weighted by atomic mass is 10.0. The number of carbonyl (C=O) groups excluding carboxylic acids is 2. The normalized spacial score (nSPS) is 13.7. The molecule has 0 aliphatic carbocycles. The van der Waals surface area contributed by atoms with Gasteiger partial charge in [-0.2, -0.15) is 5.10 Å². The highest BCUT2D eigenvalue weighted by Crippen LogP contribution is 2.37. The Morgan fingerprint density at radius 2 is 2.19 bits per heavy atom. The quantitative estimate of drug-likeness (QED) is 0.783. The standard InChI is InChI=1S/C17H22N4O3S.ClH/c1-4-7-21-9-5-11-13(10-21)25-16(14(11)17(23)24-3)18-15(22)12-6-8-20(2)19-12;/h6,8H,4-5,7,9-10H2,1-3H3,(H,18,22);1H. The predicted octanol–water partition coefficient (Wildman–Crippen LogP) is 2.71. The molecule has 3 heterocycles. The molecule has 0 saturated carbocycles. The fraction of sp³-hybridized carbons (Fsp3) is 0.471. The molecule has 0 aromatic carbocycles. The Labute approximate surface area is 162 Å². The van der Waals surface area contributed by atoms with Crippen LogP contribution in [0.3, 0.4) is 0 Å². The van der Waals surface area contributed by atoms with Crippen molar-refractivity contribution in [2.24, 2.45) is 7.05 Å². The van der Waals surface area contributed by atoms with E-state index in [1.807, 2.05) is 0 Å². The van der Waals surface area contributed by atoms with Gasteiger partial charge in [-0.05, 0) is 31.0 Å². The molecule has 26 heavy (non-hydrogen) atoms. The van der Waals surface area contributed by atoms with Crippen molar-refractivity contribution >= 4 is 40.6 Å². The summed E-state index contributed by atoms with van der Waals surface area (Å²) in [6.45, 7) is 4.90. The first kappa shape index (κ1) is 20.4. The first-order valence-electron chi connectivity index (χ1n) is 8.29. The molecule has 0 fully saturated rings. The van der Waals surface area contributed by atoms with Gasteiger partial charge in [-0.1, -0.05) is 6.92 Å². The van der Waals surface area contributed by atoms with Crippen molar-refractivity contribution < 1.29 is 14.3 Å². The molecule has 0 unspecified atom stereocenters. The summed E-state index contributed by atoms with van der Waals surface area (Å²) < 4.78 is 6.52. The van der Waals surface area contributed by atoms with Crippen molar-refractivity contribution in [3.63, 3.8) is 0 Å². The van der Waals surface area contributed by atoms with Gasteiger partial charge in [-0.3, -0.25) is 14.4 Å². The van der Waals surface area contributed by atoms with Crippen LogP contribution < -0.4 is 5.32 Å². The number of ether oxygens (including phenoxy) is 1. The smallest absolute Gasteiger partial charge is 0.341 e. The maximum absolute atomic E-state index is 12.4. The zero-order valence-electron chi connectivity index (χ0n) is 15.1. The molecule has 1 aliphatic heterocycles. The fourth-order valence-electron chi connectivity index (χ4n) is 3.07. The molecular weight excluding hydrogens is 376 g/mol. The van der Waals surface area contributed by atoms with Crippen LogP contribution >= 0.6 is 23.7 Å². The molecule has 0 atom stereocenters. The van der Waals surface area contributed by atoms with Crippen LogP contribution in [0.4, 0.5) is 5.00 Å². The van der Waals surface area contributed by atoms with E-state index in [-0.39, 0.29) is 18.3 Å². The first-order valence-corrected chi connectivity index (χ1v) is 9.11. The first-order chi connectivity index (χ1) is 12.0. The van der Waals surface area contributed by atoms with Crippen LogP contribution in [0, 0.1) is 0 Å². The molecule has 2 aromatic heterocycles. The third-order valence-electron chi connectivity index (χ3n) is 4.24. The number of nitrogens with zero attached hydrogens (tertiary/aromatic N) is 3. The van der Waals surface area contributed by atoms with E-state index in [1.165, 1.54) is 18.4 Å². The Balaban J connectivity index is 0.00000243. The number of aromatic nitrogens is 2. The van der Waals surface area contributed by atoms with Crippen molar-refractivity contribution in [1.29, 1.82) is 0 Å². The summed E-state index contributed by atoms with van der Waals surface area (Å²) >= 11 is 1.46. The van der Waals surface area contributed by atoms with Gasteiger partial charge in [0.1, 0.15) is 5.00 Å². The lowest BCUT2D eigenvalue weighted by molar-refractivity contribution is 0.0600. The molecule has 1 amide bonds. The lowest BCUT2D eigenvalue weighted by Gasteiger charge is -2.26. The SMILES string of the molecule is CCCN1CCc2c(sc(NC(=O)c3ccn(C)n3)c2C(=O)OC)C1.Cl. The number of nitrogens with one attached hydrogen (secondary N) is 1. The van der Waals surface area contributed by atoms with E-state index < -0.39 is 5.97 Å². The van der Waals surface area contributed by atoms with Gasteiger partial charge >= 0.3 is 5.97 Å². The molecule has 0 saturated heterocycles. The Bertz CT molecular complexity index is 802. The fourth-order valence-corrected chi connectivity index (χ4v) is 4.35. The van der Waals surface area contributed by atoms with E-state index in [2.05, 4.69) is 22.2 Å². The summed E-state index contributed by atoms with van der Waals surface area (Å²) in [5.41, 5.74) is 1.81. The minimum absolute atomic E-state index is 0. The second-order valence-electron chi connectivity index (χ2n) is 6.05. The van der Waals surface area contributed by atoms with Gasteiger partial charge in [0, 0.05) is 31.2 Å². The highest BCUT2D eigenvalue weighted by Gasteiger charge is 2.29. The van der Waals surface area contributed by atoms with E-state index in [0.29, 0.717) is 16.3 Å². The molecular formula is C17H23ClN4O3S. The number of fused-ring (bicyclic) bond motifs is 1. The molecule has 0 bridgehead atoms. The van der Waals surface area contributed by atoms with Crippen LogP contribution in [0.1, 0.15) is 44.6 Å². The summed E-state index contributed by atoms with van der Waals surface area (Å²) in [4.78, 5) is 28.2. The van der Waals surface area contributed by atoms with E-state index in [4.69, 9.17) is 4.74 Å². The summed E-state index contributed by atoms with van der Waals surface area (Å²) in [6, 6.07) is 1.64. The predicted molar refractivity (Wildman–Crippen MR) is 103 cm³/mol. The second-order valence-corrected chi connectivity index (χ2v) is 7.16. The summed E-state index contributed by atoms with van der Waals surface area (Å²) in [5, 5.41) is 7.50. The molecule has 142 valence electrons. The number of halogens is 1. The van der Waals surface area contributed by atoms with Crippen molar-refractivity contribution in [2.75, 3.05) is 25.5 Å². The Kier molecular flexibility index (Phi) is 6.80. The Morgan fingerprint density at radius 1 is 1.42 bits per heavy atom. The maximum Gasteiger partial charge on any atom is 0.341 e. The summed E-state index contributed by atoms with van der Waals surface area (Å²) in [5.74, 6) is -0.729. The largest absolute Gasteiger partial charge is 0.465 e. The van der Waals surface area contributed by atoms with E-state index in [0.717, 1.165) is 42.9 Å².